The van der Waals surface area contributed by atoms with E-state index in [-0.39, 0.29) is 30.9 Å². The lowest BCUT2D eigenvalue weighted by atomic mass is 10.1. The molecule has 0 radical (unpaired) electrons. The van der Waals surface area contributed by atoms with Crippen molar-refractivity contribution in [3.63, 3.8) is 0 Å². The van der Waals surface area contributed by atoms with Gasteiger partial charge in [-0.3, -0.25) is 14.4 Å². The Kier molecular flexibility index (Phi) is 7.76. The van der Waals surface area contributed by atoms with Crippen LogP contribution in [-0.4, -0.2) is 42.6 Å². The zero-order valence-electron chi connectivity index (χ0n) is 13.3. The van der Waals surface area contributed by atoms with Crippen molar-refractivity contribution in [2.75, 3.05) is 19.0 Å². The number of methoxy groups -OCH3 is 1. The van der Waals surface area contributed by atoms with Crippen LogP contribution in [0.25, 0.3) is 0 Å². The molecule has 3 N–H and O–H groups in total. The van der Waals surface area contributed by atoms with Gasteiger partial charge in [-0.15, -0.1) is 0 Å². The van der Waals surface area contributed by atoms with Crippen molar-refractivity contribution in [3.05, 3.63) is 29.8 Å². The molecule has 1 atom stereocenters. The average molecular weight is 322 g/mol. The number of amides is 2. The Labute approximate surface area is 135 Å². The van der Waals surface area contributed by atoms with E-state index in [1.807, 2.05) is 6.92 Å². The molecule has 0 fully saturated rings. The Balaban J connectivity index is 2.45. The molecular formula is C16H22N2O5. The Hall–Kier alpha value is -2.41. The van der Waals surface area contributed by atoms with Crippen LogP contribution < -0.4 is 10.6 Å². The van der Waals surface area contributed by atoms with E-state index in [9.17, 15) is 14.4 Å². The topological polar surface area (TPSA) is 105 Å². The number of hydrogen-bond acceptors (Lipinski definition) is 4. The summed E-state index contributed by atoms with van der Waals surface area (Å²) >= 11 is 0. The number of hydrogen-bond donors (Lipinski definition) is 3. The highest BCUT2D eigenvalue weighted by atomic mass is 16.5. The lowest BCUT2D eigenvalue weighted by Crippen LogP contribution is -2.25. The molecule has 126 valence electrons. The number of carbonyl (C=O) groups is 3. The number of nitrogens with one attached hydrogen (secondary N) is 2. The maximum Gasteiger partial charge on any atom is 0.305 e. The summed E-state index contributed by atoms with van der Waals surface area (Å²) in [6, 6.07) is 6.40. The summed E-state index contributed by atoms with van der Waals surface area (Å²) in [6.07, 6.45) is 0.885. The molecular weight excluding hydrogens is 300 g/mol. The summed E-state index contributed by atoms with van der Waals surface area (Å²) < 4.78 is 5.08. The molecule has 0 bridgehead atoms. The van der Waals surface area contributed by atoms with Gasteiger partial charge in [-0.2, -0.15) is 0 Å². The SMILES string of the molecule is COC(C)CCC(=O)Nc1ccc(C(=O)NCCC(=O)O)cc1. The first-order chi connectivity index (χ1) is 10.9. The fourth-order valence-electron chi connectivity index (χ4n) is 1.77. The number of anilines is 1. The minimum atomic E-state index is -0.967. The Morgan fingerprint density at radius 2 is 1.83 bits per heavy atom. The summed E-state index contributed by atoms with van der Waals surface area (Å²) in [5, 5.41) is 13.8. The van der Waals surface area contributed by atoms with Gasteiger partial charge >= 0.3 is 5.97 Å². The lowest BCUT2D eigenvalue weighted by Gasteiger charge is -2.10. The maximum atomic E-state index is 11.8. The smallest absolute Gasteiger partial charge is 0.305 e. The van der Waals surface area contributed by atoms with E-state index < -0.39 is 5.97 Å². The highest BCUT2D eigenvalue weighted by molar-refractivity contribution is 5.95. The van der Waals surface area contributed by atoms with Crippen LogP contribution in [0.1, 0.15) is 36.5 Å². The van der Waals surface area contributed by atoms with Gasteiger partial charge in [-0.25, -0.2) is 0 Å². The van der Waals surface area contributed by atoms with Crippen LogP contribution in [0.2, 0.25) is 0 Å². The van der Waals surface area contributed by atoms with Gasteiger partial charge in [-0.05, 0) is 37.6 Å². The zero-order valence-corrected chi connectivity index (χ0v) is 13.3. The fraction of sp³-hybridized carbons (Fsp3) is 0.438. The van der Waals surface area contributed by atoms with E-state index in [1.54, 1.807) is 31.4 Å². The number of carboxylic acids is 1. The molecule has 1 unspecified atom stereocenters. The molecule has 0 spiro atoms. The molecule has 0 aliphatic carbocycles. The van der Waals surface area contributed by atoms with Crippen molar-refractivity contribution in [2.45, 2.75) is 32.3 Å². The van der Waals surface area contributed by atoms with Crippen LogP contribution in [-0.2, 0) is 14.3 Å². The first-order valence-corrected chi connectivity index (χ1v) is 7.35. The molecule has 7 heteroatoms. The van der Waals surface area contributed by atoms with Crippen molar-refractivity contribution in [1.82, 2.24) is 5.32 Å². The molecule has 23 heavy (non-hydrogen) atoms. The summed E-state index contributed by atoms with van der Waals surface area (Å²) in [5.74, 6) is -1.43. The van der Waals surface area contributed by atoms with Crippen molar-refractivity contribution in [1.29, 1.82) is 0 Å². The van der Waals surface area contributed by atoms with E-state index in [4.69, 9.17) is 9.84 Å². The minimum absolute atomic E-state index is 0.0256. The van der Waals surface area contributed by atoms with Crippen LogP contribution in [0.15, 0.2) is 24.3 Å². The van der Waals surface area contributed by atoms with E-state index in [2.05, 4.69) is 10.6 Å². The third-order valence-corrected chi connectivity index (χ3v) is 3.24. The molecule has 7 nitrogen and oxygen atoms in total. The van der Waals surface area contributed by atoms with Crippen LogP contribution in [0.3, 0.4) is 0 Å². The second kappa shape index (κ2) is 9.58. The lowest BCUT2D eigenvalue weighted by molar-refractivity contribution is -0.136. The van der Waals surface area contributed by atoms with Crippen LogP contribution >= 0.6 is 0 Å². The van der Waals surface area contributed by atoms with E-state index in [1.165, 1.54) is 0 Å². The third kappa shape index (κ3) is 7.42. The predicted octanol–water partition coefficient (Wildman–Crippen LogP) is 1.64. The molecule has 2 amide bonds. The minimum Gasteiger partial charge on any atom is -0.481 e. The molecule has 0 saturated carbocycles. The molecule has 0 heterocycles. The Morgan fingerprint density at radius 1 is 1.17 bits per heavy atom. The van der Waals surface area contributed by atoms with Crippen LogP contribution in [0, 0.1) is 0 Å². The fourth-order valence-corrected chi connectivity index (χ4v) is 1.77. The van der Waals surface area contributed by atoms with E-state index in [0.29, 0.717) is 24.1 Å². The number of ether oxygens (including phenoxy) is 1. The van der Waals surface area contributed by atoms with Gasteiger partial charge in [0.2, 0.25) is 5.91 Å². The zero-order chi connectivity index (χ0) is 17.2. The average Bonchev–Trinajstić information content (AvgIpc) is 2.52. The number of carbonyl (C=O) groups excluding carboxylic acids is 2. The summed E-state index contributed by atoms with van der Waals surface area (Å²) in [6.45, 7) is 1.97. The molecule has 1 rings (SSSR count). The molecule has 1 aromatic rings. The van der Waals surface area contributed by atoms with Gasteiger partial charge in [0, 0.05) is 31.3 Å². The van der Waals surface area contributed by atoms with Crippen molar-refractivity contribution < 1.29 is 24.2 Å². The van der Waals surface area contributed by atoms with Gasteiger partial charge in [-0.1, -0.05) is 0 Å². The van der Waals surface area contributed by atoms with Gasteiger partial charge in [0.25, 0.3) is 5.91 Å². The van der Waals surface area contributed by atoms with Gasteiger partial charge in [0.05, 0.1) is 12.5 Å². The van der Waals surface area contributed by atoms with E-state index >= 15 is 0 Å². The molecule has 1 aromatic carbocycles. The maximum absolute atomic E-state index is 11.8. The standard InChI is InChI=1S/C16H22N2O5/c1-11(23-2)3-8-14(19)18-13-6-4-12(5-7-13)16(22)17-10-9-15(20)21/h4-7,11H,3,8-10H2,1-2H3,(H,17,22)(H,18,19)(H,20,21). The first kappa shape index (κ1) is 18.6. The largest absolute Gasteiger partial charge is 0.481 e. The van der Waals surface area contributed by atoms with Crippen molar-refractivity contribution >= 4 is 23.5 Å². The van der Waals surface area contributed by atoms with Crippen molar-refractivity contribution in [3.8, 4) is 0 Å². The normalized spacial score (nSPS) is 11.6. The monoisotopic (exact) mass is 322 g/mol. The van der Waals surface area contributed by atoms with Crippen LogP contribution in [0.5, 0.6) is 0 Å². The first-order valence-electron chi connectivity index (χ1n) is 7.35. The number of benzene rings is 1. The predicted molar refractivity (Wildman–Crippen MR) is 85.4 cm³/mol. The summed E-state index contributed by atoms with van der Waals surface area (Å²) in [5.41, 5.74) is 1.00. The van der Waals surface area contributed by atoms with Gasteiger partial charge < -0.3 is 20.5 Å². The summed E-state index contributed by atoms with van der Waals surface area (Å²) in [7, 11) is 1.60. The Morgan fingerprint density at radius 3 is 2.39 bits per heavy atom. The summed E-state index contributed by atoms with van der Waals surface area (Å²) in [4.78, 5) is 33.9. The van der Waals surface area contributed by atoms with E-state index in [0.717, 1.165) is 0 Å². The van der Waals surface area contributed by atoms with Gasteiger partial charge in [0.15, 0.2) is 0 Å². The number of carboxylic acid groups (broad SMARTS) is 1. The highest BCUT2D eigenvalue weighted by Gasteiger charge is 2.08. The molecule has 0 aromatic heterocycles. The highest BCUT2D eigenvalue weighted by Crippen LogP contribution is 2.11. The quantitative estimate of drug-likeness (QED) is 0.641. The van der Waals surface area contributed by atoms with Gasteiger partial charge in [0.1, 0.15) is 0 Å². The Bertz CT molecular complexity index is 542. The molecule has 0 saturated heterocycles. The second-order valence-electron chi connectivity index (χ2n) is 5.11. The number of aliphatic carboxylic acids is 1. The van der Waals surface area contributed by atoms with Crippen LogP contribution in [0.4, 0.5) is 5.69 Å². The number of rotatable bonds is 9. The molecule has 0 aliphatic rings. The molecule has 0 aliphatic heterocycles. The van der Waals surface area contributed by atoms with Crippen molar-refractivity contribution in [2.24, 2.45) is 0 Å². The third-order valence-electron chi connectivity index (χ3n) is 3.24. The second-order valence-corrected chi connectivity index (χ2v) is 5.11.